The van der Waals surface area contributed by atoms with Crippen molar-refractivity contribution in [2.75, 3.05) is 0 Å². The zero-order chi connectivity index (χ0) is 9.54. The zero-order valence-corrected chi connectivity index (χ0v) is 8.02. The van der Waals surface area contributed by atoms with E-state index in [9.17, 15) is 4.79 Å². The highest BCUT2D eigenvalue weighted by Gasteiger charge is 2.30. The van der Waals surface area contributed by atoms with Crippen molar-refractivity contribution in [2.24, 2.45) is 5.92 Å². The lowest BCUT2D eigenvalue weighted by atomic mass is 10.0. The summed E-state index contributed by atoms with van der Waals surface area (Å²) >= 11 is 0. The zero-order valence-electron chi connectivity index (χ0n) is 8.02. The van der Waals surface area contributed by atoms with Crippen LogP contribution in [-0.2, 0) is 17.8 Å². The van der Waals surface area contributed by atoms with E-state index in [1.165, 1.54) is 12.8 Å². The Hall–Kier alpha value is -1.19. The van der Waals surface area contributed by atoms with Crippen LogP contribution < -0.4 is 0 Å². The second kappa shape index (κ2) is 2.90. The first-order chi connectivity index (χ1) is 6.86. The van der Waals surface area contributed by atoms with Gasteiger partial charge >= 0.3 is 0 Å². The summed E-state index contributed by atoms with van der Waals surface area (Å²) in [5.74, 6) is 2.79. The van der Waals surface area contributed by atoms with Crippen LogP contribution in [0, 0.1) is 5.92 Å². The molecule has 2 aliphatic rings. The van der Waals surface area contributed by atoms with Crippen molar-refractivity contribution in [1.29, 1.82) is 0 Å². The largest absolute Gasteiger partial charge is 0.303 e. The maximum absolute atomic E-state index is 10.7. The molecule has 1 saturated carbocycles. The van der Waals surface area contributed by atoms with Gasteiger partial charge in [-0.25, -0.2) is 9.67 Å². The summed E-state index contributed by atoms with van der Waals surface area (Å²) in [4.78, 5) is 15.2. The Morgan fingerprint density at radius 2 is 2.21 bits per heavy atom. The number of nitrogens with zero attached hydrogens (tertiary/aromatic N) is 3. The summed E-state index contributed by atoms with van der Waals surface area (Å²) < 4.78 is 1.98. The van der Waals surface area contributed by atoms with Crippen molar-refractivity contribution in [3.05, 3.63) is 11.6 Å². The fraction of sp³-hybridized carbons (Fsp3) is 0.700. The van der Waals surface area contributed by atoms with Gasteiger partial charge in [0.25, 0.3) is 0 Å². The van der Waals surface area contributed by atoms with Crippen LogP contribution in [-0.4, -0.2) is 21.1 Å². The van der Waals surface area contributed by atoms with Crippen LogP contribution in [0.5, 0.6) is 0 Å². The number of hydrogen-bond acceptors (Lipinski definition) is 3. The Balaban J connectivity index is 1.88. The topological polar surface area (TPSA) is 47.8 Å². The molecule has 2 heterocycles. The van der Waals surface area contributed by atoms with Gasteiger partial charge in [-0.15, -0.1) is 0 Å². The summed E-state index contributed by atoms with van der Waals surface area (Å²) in [7, 11) is 0. The standard InChI is InChI=1S/C10H13N3O/c14-6-7-3-4-13-9(5-7)11-10(12-13)8-1-2-8/h6-8H,1-5H2. The molecule has 0 saturated heterocycles. The second-order valence-electron chi connectivity index (χ2n) is 4.27. The summed E-state index contributed by atoms with van der Waals surface area (Å²) in [5.41, 5.74) is 0. The molecule has 1 unspecified atom stereocenters. The van der Waals surface area contributed by atoms with E-state index in [2.05, 4.69) is 10.1 Å². The van der Waals surface area contributed by atoms with Gasteiger partial charge in [0.05, 0.1) is 0 Å². The van der Waals surface area contributed by atoms with Gasteiger partial charge in [-0.2, -0.15) is 5.10 Å². The molecule has 1 aliphatic carbocycles. The Morgan fingerprint density at radius 1 is 1.36 bits per heavy atom. The van der Waals surface area contributed by atoms with Crippen LogP contribution in [0.1, 0.15) is 36.8 Å². The Morgan fingerprint density at radius 3 is 2.93 bits per heavy atom. The first kappa shape index (κ1) is 8.15. The predicted molar refractivity (Wildman–Crippen MR) is 49.9 cm³/mol. The fourth-order valence-electron chi connectivity index (χ4n) is 1.98. The average molecular weight is 191 g/mol. The van der Waals surface area contributed by atoms with Crippen molar-refractivity contribution in [2.45, 2.75) is 38.1 Å². The molecule has 4 heteroatoms. The number of carbonyl (C=O) groups is 1. The number of carbonyl (C=O) groups excluding carboxylic acids is 1. The molecule has 0 radical (unpaired) electrons. The van der Waals surface area contributed by atoms with Crippen LogP contribution >= 0.6 is 0 Å². The van der Waals surface area contributed by atoms with Gasteiger partial charge in [0.2, 0.25) is 0 Å². The van der Waals surface area contributed by atoms with Gasteiger partial charge in [0.1, 0.15) is 12.1 Å². The molecule has 14 heavy (non-hydrogen) atoms. The van der Waals surface area contributed by atoms with E-state index in [1.54, 1.807) is 0 Å². The van der Waals surface area contributed by atoms with E-state index in [-0.39, 0.29) is 5.92 Å². The molecule has 1 aromatic rings. The molecule has 74 valence electrons. The van der Waals surface area contributed by atoms with Crippen LogP contribution in [0.2, 0.25) is 0 Å². The molecule has 3 rings (SSSR count). The third-order valence-electron chi connectivity index (χ3n) is 3.06. The molecule has 0 amide bonds. The SMILES string of the molecule is O=CC1CCn2nc(C3CC3)nc2C1. The van der Waals surface area contributed by atoms with Crippen molar-refractivity contribution < 1.29 is 4.79 Å². The molecule has 0 bridgehead atoms. The summed E-state index contributed by atoms with van der Waals surface area (Å²) in [5, 5.41) is 4.47. The molecule has 4 nitrogen and oxygen atoms in total. The molecule has 0 aromatic carbocycles. The van der Waals surface area contributed by atoms with Crippen molar-refractivity contribution in [1.82, 2.24) is 14.8 Å². The van der Waals surface area contributed by atoms with Crippen molar-refractivity contribution >= 4 is 6.29 Å². The van der Waals surface area contributed by atoms with Crippen molar-refractivity contribution in [3.8, 4) is 0 Å². The summed E-state index contributed by atoms with van der Waals surface area (Å²) in [6.45, 7) is 0.860. The third-order valence-corrected chi connectivity index (χ3v) is 3.06. The minimum atomic E-state index is 0.166. The molecule has 0 N–H and O–H groups in total. The quantitative estimate of drug-likeness (QED) is 0.653. The number of fused-ring (bicyclic) bond motifs is 1. The lowest BCUT2D eigenvalue weighted by Crippen LogP contribution is -2.21. The van der Waals surface area contributed by atoms with E-state index < -0.39 is 0 Å². The Bertz CT molecular complexity index is 367. The monoisotopic (exact) mass is 191 g/mol. The van der Waals surface area contributed by atoms with E-state index in [0.717, 1.165) is 37.3 Å². The molecule has 0 spiro atoms. The smallest absolute Gasteiger partial charge is 0.154 e. The minimum absolute atomic E-state index is 0.166. The lowest BCUT2D eigenvalue weighted by molar-refractivity contribution is -0.111. The van der Waals surface area contributed by atoms with Crippen LogP contribution in [0.3, 0.4) is 0 Å². The van der Waals surface area contributed by atoms with E-state index in [1.807, 2.05) is 4.68 Å². The van der Waals surface area contributed by atoms with Crippen molar-refractivity contribution in [3.63, 3.8) is 0 Å². The first-order valence-corrected chi connectivity index (χ1v) is 5.25. The molecular weight excluding hydrogens is 178 g/mol. The third kappa shape index (κ3) is 1.25. The molecule has 1 aliphatic heterocycles. The molecule has 1 fully saturated rings. The molecule has 1 atom stereocenters. The van der Waals surface area contributed by atoms with Gasteiger partial charge < -0.3 is 4.79 Å². The Kier molecular flexibility index (Phi) is 1.69. The second-order valence-corrected chi connectivity index (χ2v) is 4.27. The maximum atomic E-state index is 10.7. The van der Waals surface area contributed by atoms with Crippen LogP contribution in [0.25, 0.3) is 0 Å². The summed E-state index contributed by atoms with van der Waals surface area (Å²) in [6.07, 6.45) is 5.23. The van der Waals surface area contributed by atoms with E-state index in [0.29, 0.717) is 5.92 Å². The number of aromatic nitrogens is 3. The van der Waals surface area contributed by atoms with Gasteiger partial charge in [0.15, 0.2) is 5.82 Å². The molecule has 1 aromatic heterocycles. The number of rotatable bonds is 2. The summed E-state index contributed by atoms with van der Waals surface area (Å²) in [6, 6.07) is 0. The average Bonchev–Trinajstić information content (AvgIpc) is 2.97. The van der Waals surface area contributed by atoms with Crippen LogP contribution in [0.4, 0.5) is 0 Å². The van der Waals surface area contributed by atoms with E-state index >= 15 is 0 Å². The number of aryl methyl sites for hydroxylation is 1. The highest BCUT2D eigenvalue weighted by Crippen LogP contribution is 2.38. The van der Waals surface area contributed by atoms with Gasteiger partial charge in [-0.3, -0.25) is 0 Å². The number of aldehydes is 1. The van der Waals surface area contributed by atoms with E-state index in [4.69, 9.17) is 0 Å². The predicted octanol–water partition coefficient (Wildman–Crippen LogP) is 0.917. The van der Waals surface area contributed by atoms with Gasteiger partial charge in [-0.1, -0.05) is 0 Å². The normalized spacial score (nSPS) is 25.9. The lowest BCUT2D eigenvalue weighted by Gasteiger charge is -2.16. The van der Waals surface area contributed by atoms with Crippen LogP contribution in [0.15, 0.2) is 0 Å². The Labute approximate surface area is 82.3 Å². The molecular formula is C10H13N3O. The van der Waals surface area contributed by atoms with Gasteiger partial charge in [0, 0.05) is 24.8 Å². The maximum Gasteiger partial charge on any atom is 0.154 e. The fourth-order valence-corrected chi connectivity index (χ4v) is 1.98. The highest BCUT2D eigenvalue weighted by molar-refractivity contribution is 5.54. The minimum Gasteiger partial charge on any atom is -0.303 e. The first-order valence-electron chi connectivity index (χ1n) is 5.25. The van der Waals surface area contributed by atoms with Gasteiger partial charge in [-0.05, 0) is 19.3 Å². The number of hydrogen-bond donors (Lipinski definition) is 0. The highest BCUT2D eigenvalue weighted by atomic mass is 16.1.